The van der Waals surface area contributed by atoms with E-state index in [0.717, 1.165) is 6.08 Å². The Labute approximate surface area is 107 Å². The Morgan fingerprint density at radius 3 is 1.72 bits per heavy atom. The van der Waals surface area contributed by atoms with Crippen LogP contribution in [0.5, 0.6) is 0 Å². The lowest BCUT2D eigenvalue weighted by Gasteiger charge is -2.17. The molecule has 0 heterocycles. The molecule has 18 heavy (non-hydrogen) atoms. The van der Waals surface area contributed by atoms with Crippen molar-refractivity contribution in [3.8, 4) is 0 Å². The molecule has 0 atom stereocenters. The van der Waals surface area contributed by atoms with E-state index >= 15 is 0 Å². The highest BCUT2D eigenvalue weighted by molar-refractivity contribution is 5.80. The molecule has 0 aromatic rings. The van der Waals surface area contributed by atoms with Crippen LogP contribution in [0.15, 0.2) is 24.3 Å². The highest BCUT2D eigenvalue weighted by Gasteiger charge is 2.00. The Balaban J connectivity index is 0. The van der Waals surface area contributed by atoms with E-state index in [0.29, 0.717) is 19.6 Å². The van der Waals surface area contributed by atoms with Gasteiger partial charge in [-0.05, 0) is 6.92 Å². The quantitative estimate of drug-likeness (QED) is 0.346. The zero-order valence-electron chi connectivity index (χ0n) is 10.7. The molecule has 0 rings (SSSR count). The number of aliphatic carboxylic acids is 1. The summed E-state index contributed by atoms with van der Waals surface area (Å²) in [7, 11) is 0. The number of carbonyl (C=O) groups is 1. The minimum absolute atomic E-state index is 0.0694. The molecule has 6 heteroatoms. The van der Waals surface area contributed by atoms with E-state index in [2.05, 4.69) is 0 Å². The first-order valence-electron chi connectivity index (χ1n) is 5.69. The van der Waals surface area contributed by atoms with Gasteiger partial charge in [-0.15, -0.1) is 0 Å². The fraction of sp³-hybridized carbons (Fsp3) is 0.583. The second kappa shape index (κ2) is 15.8. The van der Waals surface area contributed by atoms with E-state index in [1.807, 2.05) is 6.92 Å². The Morgan fingerprint density at radius 1 is 1.00 bits per heavy atom. The number of rotatable bonds is 8. The van der Waals surface area contributed by atoms with Crippen molar-refractivity contribution in [1.29, 1.82) is 0 Å². The van der Waals surface area contributed by atoms with Crippen LogP contribution in [0.1, 0.15) is 6.92 Å². The van der Waals surface area contributed by atoms with Crippen LogP contribution in [-0.4, -0.2) is 70.8 Å². The Morgan fingerprint density at radius 2 is 1.44 bits per heavy atom. The number of hydrogen-bond donors (Lipinski definition) is 4. The van der Waals surface area contributed by atoms with Gasteiger partial charge in [0.2, 0.25) is 0 Å². The molecule has 0 bridgehead atoms. The third kappa shape index (κ3) is 17.2. The molecular formula is C12H23NO5. The van der Waals surface area contributed by atoms with Gasteiger partial charge in [0.15, 0.2) is 0 Å². The highest BCUT2D eigenvalue weighted by Crippen LogP contribution is 1.84. The Hall–Kier alpha value is -1.21. The summed E-state index contributed by atoms with van der Waals surface area (Å²) in [5, 5.41) is 33.5. The number of aliphatic hydroxyl groups is 3. The molecule has 0 fully saturated rings. The number of hydrogen-bond acceptors (Lipinski definition) is 5. The van der Waals surface area contributed by atoms with E-state index in [4.69, 9.17) is 20.4 Å². The maximum absolute atomic E-state index is 9.75. The van der Waals surface area contributed by atoms with Crippen molar-refractivity contribution in [3.05, 3.63) is 24.3 Å². The van der Waals surface area contributed by atoms with E-state index in [1.54, 1.807) is 17.1 Å². The normalized spacial score (nSPS) is 10.9. The SMILES string of the molecule is C/C=C/C=C/C(=O)O.OCCN(CCO)CCO. The third-order valence-corrected chi connectivity index (χ3v) is 1.79. The van der Waals surface area contributed by atoms with Gasteiger partial charge in [-0.2, -0.15) is 0 Å². The summed E-state index contributed by atoms with van der Waals surface area (Å²) in [6, 6.07) is 0. The Bertz CT molecular complexity index is 226. The van der Waals surface area contributed by atoms with Crippen molar-refractivity contribution in [1.82, 2.24) is 4.90 Å². The second-order valence-electron chi connectivity index (χ2n) is 3.24. The van der Waals surface area contributed by atoms with Crippen molar-refractivity contribution in [3.63, 3.8) is 0 Å². The van der Waals surface area contributed by atoms with Gasteiger partial charge in [0.1, 0.15) is 0 Å². The van der Waals surface area contributed by atoms with Gasteiger partial charge in [-0.3, -0.25) is 4.90 Å². The number of aliphatic hydroxyl groups excluding tert-OH is 3. The Kier molecular flexibility index (Phi) is 16.8. The van der Waals surface area contributed by atoms with Crippen molar-refractivity contribution in [2.45, 2.75) is 6.92 Å². The molecule has 4 N–H and O–H groups in total. The molecule has 0 aliphatic rings. The fourth-order valence-electron chi connectivity index (χ4n) is 1.01. The van der Waals surface area contributed by atoms with Gasteiger partial charge in [0.25, 0.3) is 0 Å². The summed E-state index contributed by atoms with van der Waals surface area (Å²) >= 11 is 0. The smallest absolute Gasteiger partial charge is 0.328 e. The second-order valence-corrected chi connectivity index (χ2v) is 3.24. The molecule has 0 aliphatic carbocycles. The van der Waals surface area contributed by atoms with Crippen LogP contribution in [-0.2, 0) is 4.79 Å². The highest BCUT2D eigenvalue weighted by atomic mass is 16.4. The van der Waals surface area contributed by atoms with Crippen molar-refractivity contribution in [2.24, 2.45) is 0 Å². The van der Waals surface area contributed by atoms with Crippen molar-refractivity contribution >= 4 is 5.97 Å². The minimum Gasteiger partial charge on any atom is -0.478 e. The van der Waals surface area contributed by atoms with Crippen molar-refractivity contribution < 1.29 is 25.2 Å². The molecule has 0 aromatic heterocycles. The summed E-state index contributed by atoms with van der Waals surface area (Å²) in [6.45, 7) is 3.58. The predicted molar refractivity (Wildman–Crippen MR) is 69.3 cm³/mol. The number of nitrogens with zero attached hydrogens (tertiary/aromatic N) is 1. The van der Waals surface area contributed by atoms with Gasteiger partial charge in [0, 0.05) is 25.7 Å². The summed E-state index contributed by atoms with van der Waals surface area (Å²) < 4.78 is 0. The first-order valence-corrected chi connectivity index (χ1v) is 5.69. The number of carboxylic acid groups (broad SMARTS) is 1. The maximum Gasteiger partial charge on any atom is 0.328 e. The van der Waals surface area contributed by atoms with Crippen LogP contribution in [0.25, 0.3) is 0 Å². The van der Waals surface area contributed by atoms with E-state index < -0.39 is 5.97 Å². The van der Waals surface area contributed by atoms with Crippen LogP contribution in [0.3, 0.4) is 0 Å². The molecule has 0 aromatic carbocycles. The van der Waals surface area contributed by atoms with Gasteiger partial charge in [-0.25, -0.2) is 4.79 Å². The average Bonchev–Trinajstić information content (AvgIpc) is 2.31. The molecule has 0 saturated heterocycles. The molecule has 0 amide bonds. The van der Waals surface area contributed by atoms with Crippen LogP contribution >= 0.6 is 0 Å². The topological polar surface area (TPSA) is 101 Å². The molecule has 0 unspecified atom stereocenters. The van der Waals surface area contributed by atoms with Gasteiger partial charge < -0.3 is 20.4 Å². The third-order valence-electron chi connectivity index (χ3n) is 1.79. The van der Waals surface area contributed by atoms with E-state index in [9.17, 15) is 4.79 Å². The monoisotopic (exact) mass is 261 g/mol. The first-order chi connectivity index (χ1) is 8.62. The molecule has 0 spiro atoms. The largest absolute Gasteiger partial charge is 0.478 e. The van der Waals surface area contributed by atoms with Crippen LogP contribution in [0.2, 0.25) is 0 Å². The summed E-state index contributed by atoms with van der Waals surface area (Å²) in [4.78, 5) is 11.5. The average molecular weight is 261 g/mol. The molecule has 0 aliphatic heterocycles. The first kappa shape index (κ1) is 19.1. The lowest BCUT2D eigenvalue weighted by atomic mass is 10.4. The molecule has 6 nitrogen and oxygen atoms in total. The lowest BCUT2D eigenvalue weighted by Crippen LogP contribution is -2.32. The standard InChI is InChI=1S/C6H15NO3.C6H8O2/c8-4-1-7(2-5-9)3-6-10;1-2-3-4-5-6(7)8/h8-10H,1-6H2;2-5H,1H3,(H,7,8)/b;3-2+,5-4+. The molecule has 0 saturated carbocycles. The fourth-order valence-corrected chi connectivity index (χ4v) is 1.01. The zero-order chi connectivity index (χ0) is 14.2. The summed E-state index contributed by atoms with van der Waals surface area (Å²) in [5.41, 5.74) is 0. The van der Waals surface area contributed by atoms with Crippen molar-refractivity contribution in [2.75, 3.05) is 39.5 Å². The van der Waals surface area contributed by atoms with Gasteiger partial charge >= 0.3 is 5.97 Å². The number of allylic oxidation sites excluding steroid dienone is 3. The molecular weight excluding hydrogens is 238 g/mol. The van der Waals surface area contributed by atoms with E-state index in [-0.39, 0.29) is 19.8 Å². The summed E-state index contributed by atoms with van der Waals surface area (Å²) in [6.07, 6.45) is 5.98. The molecule has 0 radical (unpaired) electrons. The minimum atomic E-state index is -0.914. The zero-order valence-corrected chi connectivity index (χ0v) is 10.7. The number of carboxylic acids is 1. The van der Waals surface area contributed by atoms with Crippen LogP contribution in [0, 0.1) is 0 Å². The lowest BCUT2D eigenvalue weighted by molar-refractivity contribution is -0.131. The maximum atomic E-state index is 9.75. The van der Waals surface area contributed by atoms with Crippen LogP contribution in [0.4, 0.5) is 0 Å². The van der Waals surface area contributed by atoms with Crippen LogP contribution < -0.4 is 0 Å². The summed E-state index contributed by atoms with van der Waals surface area (Å²) in [5.74, 6) is -0.914. The predicted octanol–water partition coefficient (Wildman–Crippen LogP) is -0.531. The van der Waals surface area contributed by atoms with E-state index in [1.165, 1.54) is 6.08 Å². The van der Waals surface area contributed by atoms with Gasteiger partial charge in [0.05, 0.1) is 19.8 Å². The van der Waals surface area contributed by atoms with Gasteiger partial charge in [-0.1, -0.05) is 18.2 Å². The molecule has 106 valence electrons.